The van der Waals surface area contributed by atoms with E-state index in [0.717, 1.165) is 18.4 Å². The number of rotatable bonds is 2. The highest BCUT2D eigenvalue weighted by Gasteiger charge is 2.27. The zero-order valence-corrected chi connectivity index (χ0v) is 12.2. The molecule has 2 nitrogen and oxygen atoms in total. The molecule has 1 heterocycles. The average molecular weight is 296 g/mol. The summed E-state index contributed by atoms with van der Waals surface area (Å²) in [6.45, 7) is 0. The number of aryl methyl sites for hydroxylation is 1. The first kappa shape index (κ1) is 13.9. The quantitative estimate of drug-likeness (QED) is 0.796. The van der Waals surface area contributed by atoms with E-state index in [2.05, 4.69) is 5.32 Å². The molecule has 108 valence electrons. The second-order valence-electron chi connectivity index (χ2n) is 5.88. The number of carbonyl (C=O) groups is 1. The molecule has 0 spiro atoms. The Bertz CT molecular complexity index is 525. The molecule has 0 aromatic heterocycles. The van der Waals surface area contributed by atoms with Crippen LogP contribution in [0.15, 0.2) is 12.1 Å². The van der Waals surface area contributed by atoms with E-state index in [0.29, 0.717) is 30.0 Å². The van der Waals surface area contributed by atoms with Crippen LogP contribution in [0.3, 0.4) is 0 Å². The van der Waals surface area contributed by atoms with Gasteiger partial charge in [-0.3, -0.25) is 4.79 Å². The van der Waals surface area contributed by atoms with E-state index in [1.54, 1.807) is 0 Å². The molecule has 1 atom stereocenters. The summed E-state index contributed by atoms with van der Waals surface area (Å²) in [6.07, 6.45) is 6.95. The van der Waals surface area contributed by atoms with Crippen molar-refractivity contribution in [2.75, 3.05) is 5.32 Å². The molecular weight excluding hydrogens is 277 g/mol. The molecule has 3 rings (SSSR count). The minimum atomic E-state index is -0.295. The van der Waals surface area contributed by atoms with Crippen LogP contribution in [0.25, 0.3) is 0 Å². The highest BCUT2D eigenvalue weighted by molar-refractivity contribution is 6.21. The van der Waals surface area contributed by atoms with E-state index >= 15 is 0 Å². The lowest BCUT2D eigenvalue weighted by Crippen LogP contribution is -2.20. The Morgan fingerprint density at radius 2 is 1.95 bits per heavy atom. The van der Waals surface area contributed by atoms with Crippen molar-refractivity contribution in [3.8, 4) is 0 Å². The summed E-state index contributed by atoms with van der Waals surface area (Å²) >= 11 is 6.53. The normalized spacial score (nSPS) is 21.2. The van der Waals surface area contributed by atoms with Crippen LogP contribution < -0.4 is 5.32 Å². The number of hydrogen-bond donors (Lipinski definition) is 1. The largest absolute Gasteiger partial charge is 0.326 e. The number of benzene rings is 1. The molecule has 1 fully saturated rings. The maximum Gasteiger partial charge on any atom is 0.224 e. The minimum absolute atomic E-state index is 0.0423. The van der Waals surface area contributed by atoms with E-state index in [9.17, 15) is 9.18 Å². The van der Waals surface area contributed by atoms with Crippen molar-refractivity contribution in [3.63, 3.8) is 0 Å². The van der Waals surface area contributed by atoms with E-state index in [-0.39, 0.29) is 17.1 Å². The number of amides is 1. The Labute approximate surface area is 123 Å². The number of halogens is 2. The van der Waals surface area contributed by atoms with Crippen molar-refractivity contribution in [2.24, 2.45) is 5.92 Å². The van der Waals surface area contributed by atoms with Crippen molar-refractivity contribution in [1.29, 1.82) is 0 Å². The molecule has 1 aromatic rings. The second-order valence-corrected chi connectivity index (χ2v) is 6.35. The Hall–Kier alpha value is -1.09. The van der Waals surface area contributed by atoms with E-state index < -0.39 is 0 Å². The maximum atomic E-state index is 14.3. The van der Waals surface area contributed by atoms with Crippen LogP contribution in [-0.2, 0) is 11.2 Å². The molecular formula is C16H19ClFNO. The molecule has 20 heavy (non-hydrogen) atoms. The fraction of sp³-hybridized carbons (Fsp3) is 0.562. The highest BCUT2D eigenvalue weighted by atomic mass is 35.5. The molecule has 1 unspecified atom stereocenters. The van der Waals surface area contributed by atoms with Crippen LogP contribution in [-0.4, -0.2) is 5.91 Å². The van der Waals surface area contributed by atoms with Crippen LogP contribution in [0.4, 0.5) is 10.1 Å². The standard InChI is InChI=1S/C16H19ClFNO/c17-16(10-4-2-1-3-5-10)12-8-11-6-7-15(20)19-14(11)9-13(12)18/h8-10,16H,1-7H2,(H,19,20). The summed E-state index contributed by atoms with van der Waals surface area (Å²) in [7, 11) is 0. The van der Waals surface area contributed by atoms with Crippen molar-refractivity contribution in [2.45, 2.75) is 50.3 Å². The van der Waals surface area contributed by atoms with Gasteiger partial charge in [0.1, 0.15) is 5.82 Å². The van der Waals surface area contributed by atoms with Gasteiger partial charge in [-0.25, -0.2) is 4.39 Å². The van der Waals surface area contributed by atoms with Gasteiger partial charge in [-0.15, -0.1) is 11.6 Å². The van der Waals surface area contributed by atoms with Crippen LogP contribution in [0, 0.1) is 11.7 Å². The molecule has 0 saturated heterocycles. The Morgan fingerprint density at radius 1 is 1.20 bits per heavy atom. The number of hydrogen-bond acceptors (Lipinski definition) is 1. The van der Waals surface area contributed by atoms with Gasteiger partial charge in [0.2, 0.25) is 5.91 Å². The highest BCUT2D eigenvalue weighted by Crippen LogP contribution is 2.41. The Balaban J connectivity index is 1.87. The van der Waals surface area contributed by atoms with Gasteiger partial charge in [-0.1, -0.05) is 19.3 Å². The summed E-state index contributed by atoms with van der Waals surface area (Å²) in [4.78, 5) is 11.3. The van der Waals surface area contributed by atoms with E-state index in [1.807, 2.05) is 6.07 Å². The van der Waals surface area contributed by atoms with Crippen molar-refractivity contribution in [3.05, 3.63) is 29.1 Å². The van der Waals surface area contributed by atoms with Gasteiger partial charge in [0, 0.05) is 17.7 Å². The lowest BCUT2D eigenvalue weighted by atomic mass is 9.83. The molecule has 2 aliphatic rings. The average Bonchev–Trinajstić information content (AvgIpc) is 2.46. The first-order valence-corrected chi connectivity index (χ1v) is 7.85. The van der Waals surface area contributed by atoms with Crippen molar-refractivity contribution in [1.82, 2.24) is 0 Å². The summed E-state index contributed by atoms with van der Waals surface area (Å²) in [5.74, 6) is 0.0343. The third-order valence-electron chi connectivity index (χ3n) is 4.48. The number of carbonyl (C=O) groups excluding carboxylic acids is 1. The van der Waals surface area contributed by atoms with Crippen LogP contribution in [0.1, 0.15) is 55.0 Å². The predicted octanol–water partition coefficient (Wildman–Crippen LogP) is 4.57. The fourth-order valence-electron chi connectivity index (χ4n) is 3.31. The van der Waals surface area contributed by atoms with Crippen molar-refractivity contribution >= 4 is 23.2 Å². The smallest absolute Gasteiger partial charge is 0.224 e. The third-order valence-corrected chi connectivity index (χ3v) is 5.07. The molecule has 1 aliphatic heterocycles. The van der Waals surface area contributed by atoms with Gasteiger partial charge in [-0.05, 0) is 42.9 Å². The fourth-order valence-corrected chi connectivity index (χ4v) is 3.73. The lowest BCUT2D eigenvalue weighted by Gasteiger charge is -2.27. The lowest BCUT2D eigenvalue weighted by molar-refractivity contribution is -0.116. The first-order chi connectivity index (χ1) is 9.65. The van der Waals surface area contributed by atoms with Gasteiger partial charge in [0.05, 0.1) is 5.38 Å². The number of anilines is 1. The topological polar surface area (TPSA) is 29.1 Å². The van der Waals surface area contributed by atoms with Gasteiger partial charge < -0.3 is 5.32 Å². The Kier molecular flexibility index (Phi) is 3.97. The first-order valence-electron chi connectivity index (χ1n) is 7.41. The molecule has 1 aliphatic carbocycles. The predicted molar refractivity (Wildman–Crippen MR) is 78.5 cm³/mol. The Morgan fingerprint density at radius 3 is 2.70 bits per heavy atom. The van der Waals surface area contributed by atoms with Crippen LogP contribution in [0.5, 0.6) is 0 Å². The van der Waals surface area contributed by atoms with E-state index in [1.165, 1.54) is 25.3 Å². The molecule has 0 bridgehead atoms. The summed E-state index contributed by atoms with van der Waals surface area (Å²) < 4.78 is 14.3. The summed E-state index contributed by atoms with van der Waals surface area (Å²) in [5.41, 5.74) is 2.21. The molecule has 4 heteroatoms. The molecule has 1 amide bonds. The molecule has 1 N–H and O–H groups in total. The van der Waals surface area contributed by atoms with Gasteiger partial charge in [0.15, 0.2) is 0 Å². The number of fused-ring (bicyclic) bond motifs is 1. The van der Waals surface area contributed by atoms with Gasteiger partial charge in [0.25, 0.3) is 0 Å². The molecule has 0 radical (unpaired) electrons. The van der Waals surface area contributed by atoms with Gasteiger partial charge >= 0.3 is 0 Å². The maximum absolute atomic E-state index is 14.3. The number of alkyl halides is 1. The summed E-state index contributed by atoms with van der Waals surface area (Å²) in [5, 5.41) is 2.47. The molecule has 1 aromatic carbocycles. The van der Waals surface area contributed by atoms with Crippen LogP contribution >= 0.6 is 11.6 Å². The van der Waals surface area contributed by atoms with E-state index in [4.69, 9.17) is 11.6 Å². The van der Waals surface area contributed by atoms with Crippen molar-refractivity contribution < 1.29 is 9.18 Å². The third kappa shape index (κ3) is 2.69. The minimum Gasteiger partial charge on any atom is -0.326 e. The number of nitrogens with one attached hydrogen (secondary N) is 1. The van der Waals surface area contributed by atoms with Gasteiger partial charge in [-0.2, -0.15) is 0 Å². The SMILES string of the molecule is O=C1CCc2cc(C(Cl)C3CCCCC3)c(F)cc2N1. The monoisotopic (exact) mass is 295 g/mol. The van der Waals surface area contributed by atoms with Crippen LogP contribution in [0.2, 0.25) is 0 Å². The second kappa shape index (κ2) is 5.72. The zero-order chi connectivity index (χ0) is 14.1. The molecule has 1 saturated carbocycles. The summed E-state index contributed by atoms with van der Waals surface area (Å²) in [6, 6.07) is 3.29. The zero-order valence-electron chi connectivity index (χ0n) is 11.4.